The topological polar surface area (TPSA) is 18.5 Å². The second kappa shape index (κ2) is 11.9. The van der Waals surface area contributed by atoms with Crippen LogP contribution in [0.15, 0.2) is 36.4 Å². The maximum atomic E-state index is 6.66. The molecule has 0 radical (unpaired) electrons. The molecule has 0 spiro atoms. The molecule has 2 aromatic rings. The zero-order valence-electron chi connectivity index (χ0n) is 19.4. The molecule has 0 aliphatic heterocycles. The third-order valence-corrected chi connectivity index (χ3v) is 9.57. The third kappa shape index (κ3) is 7.55. The van der Waals surface area contributed by atoms with Crippen LogP contribution in [-0.4, -0.2) is 19.2 Å². The van der Waals surface area contributed by atoms with Crippen molar-refractivity contribution in [1.29, 1.82) is 0 Å². The Hall–Kier alpha value is -1.16. The molecule has 0 heterocycles. The Balaban J connectivity index is 2.19. The van der Waals surface area contributed by atoms with Crippen molar-refractivity contribution >= 4 is 19.2 Å². The van der Waals surface area contributed by atoms with Crippen molar-refractivity contribution in [3.63, 3.8) is 0 Å². The van der Waals surface area contributed by atoms with Gasteiger partial charge in [-0.2, -0.15) is 0 Å². The van der Waals surface area contributed by atoms with Gasteiger partial charge in [-0.05, 0) is 0 Å². The molecule has 0 bridgehead atoms. The molecular weight excluding hydrogens is 463 g/mol. The van der Waals surface area contributed by atoms with Crippen molar-refractivity contribution in [2.24, 2.45) is 0 Å². The van der Waals surface area contributed by atoms with Gasteiger partial charge in [0.15, 0.2) is 0 Å². The van der Waals surface area contributed by atoms with Gasteiger partial charge in [-0.15, -0.1) is 0 Å². The zero-order chi connectivity index (χ0) is 21.3. The van der Waals surface area contributed by atoms with Crippen LogP contribution in [0.4, 0.5) is 0 Å². The summed E-state index contributed by atoms with van der Waals surface area (Å²) in [6.07, 6.45) is 9.62. The van der Waals surface area contributed by atoms with Gasteiger partial charge in [-0.25, -0.2) is 0 Å². The Labute approximate surface area is 184 Å². The van der Waals surface area contributed by atoms with E-state index in [0.29, 0.717) is 0 Å². The molecule has 0 saturated heterocycles. The van der Waals surface area contributed by atoms with Gasteiger partial charge in [0.25, 0.3) is 0 Å². The maximum absolute atomic E-state index is 6.66. The second-order valence-electron chi connectivity index (χ2n) is 8.62. The first-order valence-corrected chi connectivity index (χ1v) is 19.5. The molecule has 0 atom stereocenters. The van der Waals surface area contributed by atoms with Crippen molar-refractivity contribution in [2.75, 3.05) is 0 Å². The van der Waals surface area contributed by atoms with E-state index in [2.05, 4.69) is 74.0 Å². The first-order valence-electron chi connectivity index (χ1n) is 11.4. The van der Waals surface area contributed by atoms with E-state index in [-0.39, 0.29) is 0 Å². The summed E-state index contributed by atoms with van der Waals surface area (Å²) >= 11 is -3.24. The van der Waals surface area contributed by atoms with Crippen molar-refractivity contribution < 1.29 is 6.15 Å². The van der Waals surface area contributed by atoms with E-state index >= 15 is 0 Å². The van der Waals surface area contributed by atoms with Gasteiger partial charge in [-0.1, -0.05) is 0 Å². The summed E-state index contributed by atoms with van der Waals surface area (Å²) in [5.74, 6) is 2.09. The molecule has 2 nitrogen and oxygen atoms in total. The molecule has 0 aromatic heterocycles. The molecular formula is C26H40O2Sn. The first kappa shape index (κ1) is 24.1. The van der Waals surface area contributed by atoms with Gasteiger partial charge in [0.1, 0.15) is 0 Å². The number of hydrogen-bond acceptors (Lipinski definition) is 2. The van der Waals surface area contributed by atoms with E-state index in [1.165, 1.54) is 60.8 Å². The molecule has 0 aliphatic carbocycles. The Kier molecular flexibility index (Phi) is 9.88. The average Bonchev–Trinajstić information content (AvgIpc) is 2.66. The molecule has 0 aliphatic rings. The van der Waals surface area contributed by atoms with Gasteiger partial charge in [0, 0.05) is 0 Å². The Morgan fingerprint density at radius 1 is 0.655 bits per heavy atom. The average molecular weight is 503 g/mol. The summed E-state index contributed by atoms with van der Waals surface area (Å²) in [7, 11) is 0. The van der Waals surface area contributed by atoms with Gasteiger partial charge < -0.3 is 0 Å². The van der Waals surface area contributed by atoms with Crippen LogP contribution < -0.4 is 6.15 Å². The molecule has 3 heteroatoms. The predicted molar refractivity (Wildman–Crippen MR) is 128 cm³/mol. The van der Waals surface area contributed by atoms with E-state index in [9.17, 15) is 0 Å². The van der Waals surface area contributed by atoms with Crippen molar-refractivity contribution in [3.8, 4) is 11.5 Å². The summed E-state index contributed by atoms with van der Waals surface area (Å²) < 4.78 is 13.3. The van der Waals surface area contributed by atoms with Crippen LogP contribution in [0.2, 0.25) is 9.88 Å². The monoisotopic (exact) mass is 504 g/mol. The van der Waals surface area contributed by atoms with E-state index < -0.39 is 19.2 Å². The molecule has 29 heavy (non-hydrogen) atoms. The molecule has 0 N–H and O–H groups in total. The van der Waals surface area contributed by atoms with Crippen LogP contribution in [0, 0.1) is 13.8 Å². The second-order valence-corrected chi connectivity index (χ2v) is 17.8. The van der Waals surface area contributed by atoms with Gasteiger partial charge >= 0.3 is 184 Å². The minimum absolute atomic E-state index is 1.04. The van der Waals surface area contributed by atoms with Crippen LogP contribution in [-0.2, 0) is 12.8 Å². The zero-order valence-corrected chi connectivity index (χ0v) is 22.3. The van der Waals surface area contributed by atoms with E-state index in [4.69, 9.17) is 6.15 Å². The van der Waals surface area contributed by atoms with Crippen LogP contribution in [0.1, 0.15) is 74.6 Å². The van der Waals surface area contributed by atoms with E-state index in [0.717, 1.165) is 24.3 Å². The number of rotatable bonds is 12. The molecule has 0 saturated carbocycles. The summed E-state index contributed by atoms with van der Waals surface area (Å²) in [5, 5.41) is 0. The minimum atomic E-state index is -3.24. The van der Waals surface area contributed by atoms with Gasteiger partial charge in [0.2, 0.25) is 0 Å². The van der Waals surface area contributed by atoms with E-state index in [1.807, 2.05) is 0 Å². The molecule has 2 rings (SSSR count). The molecule has 0 fully saturated rings. The fraction of sp³-hybridized carbons (Fsp3) is 0.538. The Morgan fingerprint density at radius 2 is 1.07 bits per heavy atom. The Bertz CT molecular complexity index is 704. The SMILES string of the molecule is CCCCCc1c(C)cccc1[O][Sn]([CH3])([CH3])[O]c1cccc(C)c1CCCCC. The molecule has 2 aromatic carbocycles. The number of unbranched alkanes of at least 4 members (excludes halogenated alkanes) is 4. The van der Waals surface area contributed by atoms with Crippen LogP contribution in [0.5, 0.6) is 11.5 Å². The fourth-order valence-electron chi connectivity index (χ4n) is 3.84. The van der Waals surface area contributed by atoms with Crippen LogP contribution >= 0.6 is 0 Å². The number of benzene rings is 2. The van der Waals surface area contributed by atoms with Crippen molar-refractivity contribution in [3.05, 3.63) is 58.7 Å². The number of hydrogen-bond donors (Lipinski definition) is 0. The third-order valence-electron chi connectivity index (χ3n) is 5.51. The van der Waals surface area contributed by atoms with Crippen molar-refractivity contribution in [2.45, 2.75) is 88.9 Å². The van der Waals surface area contributed by atoms with Crippen molar-refractivity contribution in [1.82, 2.24) is 0 Å². The van der Waals surface area contributed by atoms with Gasteiger partial charge in [0.05, 0.1) is 0 Å². The normalized spacial score (nSPS) is 11.5. The summed E-state index contributed by atoms with van der Waals surface area (Å²) in [6.45, 7) is 8.90. The summed E-state index contributed by atoms with van der Waals surface area (Å²) in [5.41, 5.74) is 5.39. The quantitative estimate of drug-likeness (QED) is 0.216. The standard InChI is InChI=1S/2C12H18O.2CH3.Sn/c2*1-3-4-5-8-11-10(2)7-6-9-12(11)13;;;/h2*6-7,9,13H,3-5,8H2,1-2H3;2*1H3;/q;;;;+2/p-2. The molecule has 160 valence electrons. The Morgan fingerprint density at radius 3 is 1.45 bits per heavy atom. The summed E-state index contributed by atoms with van der Waals surface area (Å²) in [6, 6.07) is 12.9. The molecule has 0 amide bonds. The van der Waals surface area contributed by atoms with Crippen LogP contribution in [0.25, 0.3) is 0 Å². The van der Waals surface area contributed by atoms with Gasteiger partial charge in [-0.3, -0.25) is 0 Å². The fourth-order valence-corrected chi connectivity index (χ4v) is 8.07. The predicted octanol–water partition coefficient (Wildman–Crippen LogP) is 7.93. The first-order chi connectivity index (χ1) is 13.9. The summed E-state index contributed by atoms with van der Waals surface area (Å²) in [4.78, 5) is 4.45. The van der Waals surface area contributed by atoms with E-state index in [1.54, 1.807) is 0 Å². The number of aryl methyl sites for hydroxylation is 2. The van der Waals surface area contributed by atoms with Crippen LogP contribution in [0.3, 0.4) is 0 Å². The molecule has 0 unspecified atom stereocenters.